The van der Waals surface area contributed by atoms with Gasteiger partial charge in [0.05, 0.1) is 30.4 Å². The van der Waals surface area contributed by atoms with E-state index >= 15 is 0 Å². The van der Waals surface area contributed by atoms with Crippen molar-refractivity contribution in [2.45, 2.75) is 87.3 Å². The van der Waals surface area contributed by atoms with Crippen LogP contribution in [0.25, 0.3) is 34.3 Å². The van der Waals surface area contributed by atoms with Crippen LogP contribution >= 0.6 is 11.3 Å². The van der Waals surface area contributed by atoms with Crippen LogP contribution in [-0.2, 0) is 14.2 Å². The summed E-state index contributed by atoms with van der Waals surface area (Å²) in [5, 5.41) is 91.4. The Bertz CT molecular complexity index is 2240. The number of hydrogen-bond acceptors (Lipinski definition) is 15. The Morgan fingerprint density at radius 3 is 1.70 bits per heavy atom. The fourth-order valence-electron chi connectivity index (χ4n) is 8.06. The number of ether oxygens (including phenoxy) is 3. The van der Waals surface area contributed by atoms with Crippen molar-refractivity contribution in [1.82, 2.24) is 9.80 Å². The first-order chi connectivity index (χ1) is 28.8. The van der Waals surface area contributed by atoms with Gasteiger partial charge in [-0.2, -0.15) is 0 Å². The summed E-state index contributed by atoms with van der Waals surface area (Å²) < 4.78 is 16.7. The average molecular weight is 845 g/mol. The summed E-state index contributed by atoms with van der Waals surface area (Å²) in [5.74, 6) is 0. The second-order valence-corrected chi connectivity index (χ2v) is 16.3. The van der Waals surface area contributed by atoms with E-state index in [-0.39, 0.29) is 19.8 Å². The zero-order chi connectivity index (χ0) is 43.0. The van der Waals surface area contributed by atoms with Crippen LogP contribution in [0, 0.1) is 13.8 Å². The van der Waals surface area contributed by atoms with Crippen molar-refractivity contribution < 1.29 is 60.2 Å². The molecule has 0 radical (unpaired) electrons. The lowest BCUT2D eigenvalue weighted by Crippen LogP contribution is -2.41. The molecule has 1 aromatic heterocycles. The Balaban J connectivity index is 0.000000136. The van der Waals surface area contributed by atoms with Gasteiger partial charge in [-0.3, -0.25) is 0 Å². The molecule has 9 N–H and O–H groups in total. The summed E-state index contributed by atoms with van der Waals surface area (Å²) >= 11 is 1.56. The molecule has 14 nitrogen and oxygen atoms in total. The summed E-state index contributed by atoms with van der Waals surface area (Å²) in [7, 11) is 0. The van der Waals surface area contributed by atoms with Gasteiger partial charge >= 0.3 is 0 Å². The molecule has 60 heavy (non-hydrogen) atoms. The molecule has 3 fully saturated rings. The molecular weight excluding hydrogens is 793 g/mol. The number of thiophene rings is 1. The zero-order valence-corrected chi connectivity index (χ0v) is 34.0. The SMILES string of the molecule is C=C1c2ccc(C)cc2C=CN1[C@@H]1O[C@H](CO)[C@H](O)C1O.C=C1c2sccc2C=CN1[C@@H]1O[C@H](CO)[C@H](O)C1O.Cc1cc2ccccc2cc1[C@@H]1O[C@H](CO)[C@H](O)C1O. The molecule has 3 aromatic carbocycles. The Kier molecular flexibility index (Phi) is 13.4. The van der Waals surface area contributed by atoms with E-state index in [1.165, 1.54) is 0 Å². The Labute approximate surface area is 351 Å². The van der Waals surface area contributed by atoms with E-state index in [4.69, 9.17) is 29.5 Å². The number of aliphatic hydroxyl groups is 9. The fourth-order valence-corrected chi connectivity index (χ4v) is 8.92. The van der Waals surface area contributed by atoms with Crippen molar-refractivity contribution in [2.75, 3.05) is 19.8 Å². The van der Waals surface area contributed by atoms with E-state index in [1.54, 1.807) is 33.5 Å². The molecule has 0 aliphatic carbocycles. The molecular formula is C45H52N2O12S. The predicted octanol–water partition coefficient (Wildman–Crippen LogP) is 2.44. The molecule has 3 unspecified atom stereocenters. The topological polar surface area (TPSA) is 216 Å². The van der Waals surface area contributed by atoms with Crippen molar-refractivity contribution in [1.29, 1.82) is 0 Å². The highest BCUT2D eigenvalue weighted by molar-refractivity contribution is 7.11. The lowest BCUT2D eigenvalue weighted by Gasteiger charge is -2.34. The van der Waals surface area contributed by atoms with Crippen molar-refractivity contribution in [2.24, 2.45) is 0 Å². The van der Waals surface area contributed by atoms with E-state index in [9.17, 15) is 30.6 Å². The molecule has 0 bridgehead atoms. The maximum absolute atomic E-state index is 10.1. The second kappa shape index (κ2) is 18.4. The third kappa shape index (κ3) is 8.34. The van der Waals surface area contributed by atoms with Gasteiger partial charge < -0.3 is 70.0 Å². The third-order valence-corrected chi connectivity index (χ3v) is 12.5. The van der Waals surface area contributed by atoms with Gasteiger partial charge in [0.2, 0.25) is 0 Å². The molecule has 12 atom stereocenters. The molecule has 4 aromatic rings. The van der Waals surface area contributed by atoms with E-state index in [0.717, 1.165) is 54.7 Å². The van der Waals surface area contributed by atoms with E-state index in [0.29, 0.717) is 5.70 Å². The normalized spacial score (nSPS) is 31.8. The highest BCUT2D eigenvalue weighted by Gasteiger charge is 2.47. The van der Waals surface area contributed by atoms with Gasteiger partial charge in [-0.15, -0.1) is 11.3 Å². The number of nitrogens with zero attached hydrogens (tertiary/aromatic N) is 2. The summed E-state index contributed by atoms with van der Waals surface area (Å²) in [6, 6.07) is 20.0. The van der Waals surface area contributed by atoms with Crippen molar-refractivity contribution in [3.63, 3.8) is 0 Å². The number of rotatable bonds is 6. The molecule has 5 aliphatic rings. The van der Waals surface area contributed by atoms with Crippen LogP contribution in [0.3, 0.4) is 0 Å². The van der Waals surface area contributed by atoms with Gasteiger partial charge in [0.15, 0.2) is 12.5 Å². The fraction of sp³-hybridized carbons (Fsp3) is 0.378. The largest absolute Gasteiger partial charge is 0.394 e. The van der Waals surface area contributed by atoms with Crippen LogP contribution in [-0.4, -0.2) is 143 Å². The summed E-state index contributed by atoms with van der Waals surface area (Å²) in [5.41, 5.74) is 7.53. The van der Waals surface area contributed by atoms with Crippen LogP contribution in [0.4, 0.5) is 0 Å². The quantitative estimate of drug-likeness (QED) is 0.136. The Morgan fingerprint density at radius 2 is 1.13 bits per heavy atom. The Hall–Kier alpha value is -4.30. The molecule has 320 valence electrons. The predicted molar refractivity (Wildman–Crippen MR) is 226 cm³/mol. The second-order valence-electron chi connectivity index (χ2n) is 15.4. The third-order valence-electron chi connectivity index (χ3n) is 11.5. The van der Waals surface area contributed by atoms with Crippen molar-refractivity contribution >= 4 is 45.7 Å². The van der Waals surface area contributed by atoms with E-state index in [2.05, 4.69) is 19.2 Å². The maximum Gasteiger partial charge on any atom is 0.163 e. The molecule has 0 amide bonds. The summed E-state index contributed by atoms with van der Waals surface area (Å²) in [4.78, 5) is 4.41. The van der Waals surface area contributed by atoms with Gasteiger partial charge in [-0.05, 0) is 76.5 Å². The highest BCUT2D eigenvalue weighted by Crippen LogP contribution is 2.39. The maximum atomic E-state index is 10.1. The van der Waals surface area contributed by atoms with Gasteiger partial charge in [0.1, 0.15) is 61.0 Å². The minimum Gasteiger partial charge on any atom is -0.394 e. The summed E-state index contributed by atoms with van der Waals surface area (Å²) in [6.07, 6.45) is -3.46. The van der Waals surface area contributed by atoms with Gasteiger partial charge in [0, 0.05) is 23.7 Å². The number of fused-ring (bicyclic) bond motifs is 3. The van der Waals surface area contributed by atoms with E-state index in [1.807, 2.05) is 86.0 Å². The number of benzene rings is 3. The Morgan fingerprint density at radius 1 is 0.600 bits per heavy atom. The first-order valence-corrected chi connectivity index (χ1v) is 20.5. The number of aliphatic hydroxyl groups excluding tert-OH is 9. The van der Waals surface area contributed by atoms with Crippen LogP contribution in [0.15, 0.2) is 91.6 Å². The molecule has 9 rings (SSSR count). The van der Waals surface area contributed by atoms with E-state index < -0.39 is 73.5 Å². The van der Waals surface area contributed by atoms with Crippen LogP contribution < -0.4 is 0 Å². The van der Waals surface area contributed by atoms with Gasteiger partial charge in [-0.25, -0.2) is 0 Å². The molecule has 0 spiro atoms. The van der Waals surface area contributed by atoms with Gasteiger partial charge in [0.25, 0.3) is 0 Å². The molecule has 5 aliphatic heterocycles. The molecule has 0 saturated carbocycles. The van der Waals surface area contributed by atoms with Crippen LogP contribution in [0.1, 0.15) is 44.4 Å². The first kappa shape index (κ1) is 43.8. The zero-order valence-electron chi connectivity index (χ0n) is 33.2. The minimum absolute atomic E-state index is 0.304. The standard InChI is InChI=1S/C16H19NO4.C16H18O4.C13H15NO4S/c1-9-3-4-12-10(2)17(6-5-11(12)7-9)16-15(20)14(19)13(8-18)21-16;1-9-6-10-4-2-3-5-11(10)7-12(9)16-15(19)14(18)13(8-17)20-16;1-7-12-8(3-5-19-12)2-4-14(7)13-11(17)10(16)9(6-15)18-13/h3-7,13-16,18-20H,2,8H2,1H3;2-7,13-19H,8H2,1H3;2-5,9-11,13,15-17H,1,6H2/t13-,14+,15?,16-;13-,14+,15?,16+;9-,10+,11?,13-/m111/s1. The number of aryl methyl sites for hydroxylation is 2. The van der Waals surface area contributed by atoms with Crippen LogP contribution in [0.5, 0.6) is 0 Å². The lowest BCUT2D eigenvalue weighted by atomic mass is 9.94. The smallest absolute Gasteiger partial charge is 0.163 e. The monoisotopic (exact) mass is 844 g/mol. The summed E-state index contributed by atoms with van der Waals surface area (Å²) in [6.45, 7) is 11.1. The number of hydrogen-bond donors (Lipinski definition) is 9. The van der Waals surface area contributed by atoms with Gasteiger partial charge in [-0.1, -0.05) is 67.3 Å². The molecule has 3 saturated heterocycles. The van der Waals surface area contributed by atoms with Crippen LogP contribution in [0.2, 0.25) is 0 Å². The first-order valence-electron chi connectivity index (χ1n) is 19.6. The van der Waals surface area contributed by atoms with Crippen molar-refractivity contribution in [3.8, 4) is 0 Å². The average Bonchev–Trinajstić information content (AvgIpc) is 4.00. The van der Waals surface area contributed by atoms with Crippen molar-refractivity contribution in [3.05, 3.63) is 130 Å². The lowest BCUT2D eigenvalue weighted by molar-refractivity contribution is -0.0613. The highest BCUT2D eigenvalue weighted by atomic mass is 32.1. The molecule has 15 heteroatoms. The molecule has 6 heterocycles. The minimum atomic E-state index is -1.11.